The van der Waals surface area contributed by atoms with Gasteiger partial charge in [-0.25, -0.2) is 18.2 Å². The predicted octanol–water partition coefficient (Wildman–Crippen LogP) is 4.86. The second-order valence-corrected chi connectivity index (χ2v) is 7.94. The van der Waals surface area contributed by atoms with Gasteiger partial charge >= 0.3 is 0 Å². The molecular formula is C24H23F3N4O2. The van der Waals surface area contributed by atoms with E-state index in [0.717, 1.165) is 0 Å². The molecule has 1 amide bonds. The summed E-state index contributed by atoms with van der Waals surface area (Å²) in [7, 11) is 0. The summed E-state index contributed by atoms with van der Waals surface area (Å²) in [6.45, 7) is 1.86. The molecule has 0 radical (unpaired) electrons. The number of piperidine rings is 1. The lowest BCUT2D eigenvalue weighted by atomic mass is 9.87. The molecule has 4 rings (SSSR count). The first-order valence-electron chi connectivity index (χ1n) is 10.5. The average molecular weight is 456 g/mol. The van der Waals surface area contributed by atoms with Crippen molar-refractivity contribution in [3.8, 4) is 11.5 Å². The second kappa shape index (κ2) is 9.58. The second-order valence-electron chi connectivity index (χ2n) is 7.94. The summed E-state index contributed by atoms with van der Waals surface area (Å²) in [6, 6.07) is 11.3. The monoisotopic (exact) mass is 456 g/mol. The zero-order valence-corrected chi connectivity index (χ0v) is 17.9. The Balaban J connectivity index is 1.37. The zero-order valence-electron chi connectivity index (χ0n) is 17.9. The van der Waals surface area contributed by atoms with Crippen LogP contribution in [0.3, 0.4) is 0 Å². The van der Waals surface area contributed by atoms with Gasteiger partial charge in [0.1, 0.15) is 23.1 Å². The van der Waals surface area contributed by atoms with Gasteiger partial charge in [0.2, 0.25) is 5.91 Å². The zero-order chi connectivity index (χ0) is 23.4. The molecular weight excluding hydrogens is 433 g/mol. The lowest BCUT2D eigenvalue weighted by Gasteiger charge is -2.40. The van der Waals surface area contributed by atoms with E-state index in [1.807, 2.05) is 0 Å². The van der Waals surface area contributed by atoms with Gasteiger partial charge in [-0.15, -0.1) is 0 Å². The molecule has 1 aliphatic rings. The lowest BCUT2D eigenvalue weighted by Crippen LogP contribution is -2.52. The maximum Gasteiger partial charge on any atom is 0.257 e. The van der Waals surface area contributed by atoms with Crippen molar-refractivity contribution in [1.82, 2.24) is 14.9 Å². The van der Waals surface area contributed by atoms with Crippen LogP contribution < -0.4 is 10.1 Å². The van der Waals surface area contributed by atoms with E-state index in [2.05, 4.69) is 15.3 Å². The number of carbonyl (C=O) groups excluding carboxylic acids is 1. The molecule has 0 aliphatic carbocycles. The van der Waals surface area contributed by atoms with Crippen LogP contribution in [0.25, 0.3) is 0 Å². The van der Waals surface area contributed by atoms with Crippen molar-refractivity contribution < 1.29 is 22.7 Å². The topological polar surface area (TPSA) is 67.3 Å². The number of halogens is 3. The molecule has 1 aliphatic heterocycles. The Hall–Kier alpha value is -3.46. The maximum atomic E-state index is 14.6. The normalized spacial score (nSPS) is 19.0. The molecule has 1 saturated heterocycles. The Morgan fingerprint density at radius 3 is 2.48 bits per heavy atom. The van der Waals surface area contributed by atoms with Crippen LogP contribution >= 0.6 is 0 Å². The van der Waals surface area contributed by atoms with Crippen LogP contribution in [0.1, 0.15) is 24.8 Å². The first-order valence-corrected chi connectivity index (χ1v) is 10.5. The number of amides is 1. The Morgan fingerprint density at radius 2 is 1.82 bits per heavy atom. The molecule has 2 atom stereocenters. The number of anilines is 1. The van der Waals surface area contributed by atoms with Crippen molar-refractivity contribution in [1.29, 1.82) is 0 Å². The molecule has 0 saturated carbocycles. The molecule has 0 unspecified atom stereocenters. The SMILES string of the molecule is C[C@@H](C(=O)Nc1ccc(Oc2ccc(F)cc2)cn1)N1CCC(F)(F)[C@@H](c2ccncc2)C1. The molecule has 6 nitrogen and oxygen atoms in total. The maximum absolute atomic E-state index is 14.6. The number of nitrogens with zero attached hydrogens (tertiary/aromatic N) is 3. The van der Waals surface area contributed by atoms with Crippen LogP contribution in [-0.4, -0.2) is 45.8 Å². The summed E-state index contributed by atoms with van der Waals surface area (Å²) in [5.74, 6) is -3.38. The molecule has 2 aromatic heterocycles. The van der Waals surface area contributed by atoms with E-state index in [0.29, 0.717) is 22.9 Å². The van der Waals surface area contributed by atoms with Gasteiger partial charge in [0.25, 0.3) is 5.92 Å². The fraction of sp³-hybridized carbons (Fsp3) is 0.292. The van der Waals surface area contributed by atoms with Gasteiger partial charge in [-0.3, -0.25) is 14.7 Å². The third-order valence-electron chi connectivity index (χ3n) is 5.73. The predicted molar refractivity (Wildman–Crippen MR) is 117 cm³/mol. The lowest BCUT2D eigenvalue weighted by molar-refractivity contribution is -0.125. The smallest absolute Gasteiger partial charge is 0.257 e. The van der Waals surface area contributed by atoms with Crippen LogP contribution in [0.4, 0.5) is 19.0 Å². The summed E-state index contributed by atoms with van der Waals surface area (Å²) in [4.78, 5) is 22.6. The average Bonchev–Trinajstić information content (AvgIpc) is 2.82. The highest BCUT2D eigenvalue weighted by Crippen LogP contribution is 2.40. The van der Waals surface area contributed by atoms with Gasteiger partial charge in [-0.1, -0.05) is 0 Å². The van der Waals surface area contributed by atoms with Gasteiger partial charge in [-0.2, -0.15) is 0 Å². The van der Waals surface area contributed by atoms with Gasteiger partial charge in [-0.05, 0) is 61.0 Å². The number of hydrogen-bond acceptors (Lipinski definition) is 5. The molecule has 33 heavy (non-hydrogen) atoms. The fourth-order valence-corrected chi connectivity index (χ4v) is 3.77. The summed E-state index contributed by atoms with van der Waals surface area (Å²) in [6.07, 6.45) is 4.10. The minimum atomic E-state index is -2.85. The Morgan fingerprint density at radius 1 is 1.12 bits per heavy atom. The molecule has 0 bridgehead atoms. The number of hydrogen-bond donors (Lipinski definition) is 1. The molecule has 3 aromatic rings. The fourth-order valence-electron chi connectivity index (χ4n) is 3.77. The van der Waals surface area contributed by atoms with E-state index >= 15 is 0 Å². The first-order chi connectivity index (χ1) is 15.8. The first kappa shape index (κ1) is 22.7. The number of rotatable bonds is 6. The van der Waals surface area contributed by atoms with Crippen molar-refractivity contribution >= 4 is 11.7 Å². The largest absolute Gasteiger partial charge is 0.456 e. The quantitative estimate of drug-likeness (QED) is 0.574. The van der Waals surface area contributed by atoms with E-state index < -0.39 is 17.9 Å². The standard InChI is InChI=1S/C24H23F3N4O2/c1-16(31-13-10-24(26,27)21(15-31)17-8-11-28-12-9-17)23(32)30-22-7-6-20(14-29-22)33-19-4-2-18(25)3-5-19/h2-9,11-12,14,16,21H,10,13,15H2,1H3,(H,29,30,32)/t16-,21+/m0/s1. The van der Waals surface area contributed by atoms with Crippen molar-refractivity contribution in [3.05, 3.63) is 78.5 Å². The number of alkyl halides is 2. The van der Waals surface area contributed by atoms with Crippen LogP contribution in [0.5, 0.6) is 11.5 Å². The highest BCUT2D eigenvalue weighted by Gasteiger charge is 2.46. The molecule has 1 fully saturated rings. The van der Waals surface area contributed by atoms with Crippen LogP contribution in [-0.2, 0) is 4.79 Å². The molecule has 1 aromatic carbocycles. The number of pyridine rings is 2. The van der Waals surface area contributed by atoms with Crippen molar-refractivity contribution in [3.63, 3.8) is 0 Å². The Bertz CT molecular complexity index is 1080. The van der Waals surface area contributed by atoms with Crippen LogP contribution in [0, 0.1) is 5.82 Å². The Kier molecular flexibility index (Phi) is 6.60. The number of likely N-dealkylation sites (tertiary alicyclic amines) is 1. The number of carbonyl (C=O) groups is 1. The van der Waals surface area contributed by atoms with E-state index in [9.17, 15) is 18.0 Å². The van der Waals surface area contributed by atoms with E-state index in [1.54, 1.807) is 36.1 Å². The van der Waals surface area contributed by atoms with Crippen LogP contribution in [0.15, 0.2) is 67.1 Å². The van der Waals surface area contributed by atoms with Crippen molar-refractivity contribution in [2.75, 3.05) is 18.4 Å². The number of nitrogens with one attached hydrogen (secondary N) is 1. The van der Waals surface area contributed by atoms with Crippen LogP contribution in [0.2, 0.25) is 0 Å². The molecule has 1 N–H and O–H groups in total. The van der Waals surface area contributed by atoms with Crippen molar-refractivity contribution in [2.24, 2.45) is 0 Å². The van der Waals surface area contributed by atoms with Gasteiger partial charge in [0.15, 0.2) is 0 Å². The van der Waals surface area contributed by atoms with Crippen molar-refractivity contribution in [2.45, 2.75) is 31.2 Å². The Labute approximate surface area is 189 Å². The van der Waals surface area contributed by atoms with Gasteiger partial charge < -0.3 is 10.1 Å². The third kappa shape index (κ3) is 5.48. The summed E-state index contributed by atoms with van der Waals surface area (Å²) in [5.41, 5.74) is 0.505. The highest BCUT2D eigenvalue weighted by atomic mass is 19.3. The summed E-state index contributed by atoms with van der Waals surface area (Å²) < 4.78 is 47.7. The summed E-state index contributed by atoms with van der Waals surface area (Å²) >= 11 is 0. The van der Waals surface area contributed by atoms with Gasteiger partial charge in [0, 0.05) is 31.9 Å². The summed E-state index contributed by atoms with van der Waals surface area (Å²) in [5, 5.41) is 2.72. The molecule has 0 spiro atoms. The van der Waals surface area contributed by atoms with E-state index in [4.69, 9.17) is 4.74 Å². The third-order valence-corrected chi connectivity index (χ3v) is 5.73. The minimum Gasteiger partial charge on any atom is -0.456 e. The highest BCUT2D eigenvalue weighted by molar-refractivity contribution is 5.93. The van der Waals surface area contributed by atoms with E-state index in [1.165, 1.54) is 42.9 Å². The number of aromatic nitrogens is 2. The minimum absolute atomic E-state index is 0.0590. The van der Waals surface area contributed by atoms with Gasteiger partial charge in [0.05, 0.1) is 18.2 Å². The molecule has 3 heterocycles. The number of ether oxygens (including phenoxy) is 1. The number of benzene rings is 1. The van der Waals surface area contributed by atoms with E-state index in [-0.39, 0.29) is 31.2 Å². The molecule has 9 heteroatoms. The molecule has 172 valence electrons.